The van der Waals surface area contributed by atoms with Crippen LogP contribution in [0.25, 0.3) is 0 Å². The molecule has 2 N–H and O–H groups in total. The summed E-state index contributed by atoms with van der Waals surface area (Å²) in [7, 11) is 0. The number of imide groups is 3. The third kappa shape index (κ3) is 4.21. The average Bonchev–Trinajstić information content (AvgIpc) is 2.87. The first-order valence-corrected chi connectivity index (χ1v) is 8.33. The van der Waals surface area contributed by atoms with Gasteiger partial charge < -0.3 is 5.32 Å². The molecule has 7 amide bonds. The van der Waals surface area contributed by atoms with Gasteiger partial charge in [0, 0.05) is 5.69 Å². The molecule has 1 saturated heterocycles. The molecule has 142 valence electrons. The van der Waals surface area contributed by atoms with E-state index in [2.05, 4.69) is 5.32 Å². The van der Waals surface area contributed by atoms with Crippen LogP contribution in [0.15, 0.2) is 60.7 Å². The van der Waals surface area contributed by atoms with E-state index in [-0.39, 0.29) is 6.54 Å². The largest absolute Gasteiger partial charge is 0.335 e. The highest BCUT2D eigenvalue weighted by atomic mass is 16.2. The zero-order valence-corrected chi connectivity index (χ0v) is 14.6. The number of carbonyl (C=O) groups excluding carboxylic acids is 5. The Balaban J connectivity index is 1.59. The fourth-order valence-corrected chi connectivity index (χ4v) is 2.59. The van der Waals surface area contributed by atoms with Crippen molar-refractivity contribution >= 4 is 35.5 Å². The summed E-state index contributed by atoms with van der Waals surface area (Å²) < 4.78 is 0. The Morgan fingerprint density at radius 1 is 0.786 bits per heavy atom. The van der Waals surface area contributed by atoms with Crippen LogP contribution in [0.1, 0.15) is 5.56 Å². The van der Waals surface area contributed by atoms with Crippen LogP contribution in [0.3, 0.4) is 0 Å². The van der Waals surface area contributed by atoms with Crippen LogP contribution in [0.2, 0.25) is 0 Å². The lowest BCUT2D eigenvalue weighted by atomic mass is 10.2. The SMILES string of the molecule is O=C(CN1C(=O)C(=O)N(Cc2ccccc2)C1=O)NC(=O)Nc1ccccc1. The molecule has 1 heterocycles. The monoisotopic (exact) mass is 380 g/mol. The molecule has 1 fully saturated rings. The Hall–Kier alpha value is -4.01. The summed E-state index contributed by atoms with van der Waals surface area (Å²) in [6.45, 7) is -0.826. The molecule has 0 atom stereocenters. The molecule has 0 saturated carbocycles. The Kier molecular flexibility index (Phi) is 5.45. The first-order chi connectivity index (χ1) is 13.5. The van der Waals surface area contributed by atoms with Gasteiger partial charge in [0.25, 0.3) is 0 Å². The van der Waals surface area contributed by atoms with Crippen molar-refractivity contribution in [1.82, 2.24) is 15.1 Å². The topological polar surface area (TPSA) is 116 Å². The van der Waals surface area contributed by atoms with Crippen LogP contribution in [-0.4, -0.2) is 46.1 Å². The number of para-hydroxylation sites is 1. The third-order valence-corrected chi connectivity index (χ3v) is 3.90. The van der Waals surface area contributed by atoms with Crippen molar-refractivity contribution in [1.29, 1.82) is 0 Å². The quantitative estimate of drug-likeness (QED) is 0.600. The number of amides is 7. The molecular formula is C19H16N4O5. The minimum Gasteiger partial charge on any atom is -0.308 e. The highest BCUT2D eigenvalue weighted by molar-refractivity contribution is 6.45. The Labute approximate surface area is 159 Å². The summed E-state index contributed by atoms with van der Waals surface area (Å²) in [5.41, 5.74) is 1.12. The van der Waals surface area contributed by atoms with Gasteiger partial charge in [-0.1, -0.05) is 48.5 Å². The predicted octanol–water partition coefficient (Wildman–Crippen LogP) is 1.33. The fraction of sp³-hybridized carbons (Fsp3) is 0.105. The van der Waals surface area contributed by atoms with Gasteiger partial charge in [0.1, 0.15) is 6.54 Å². The summed E-state index contributed by atoms with van der Waals surface area (Å²) in [6.07, 6.45) is 0. The van der Waals surface area contributed by atoms with Gasteiger partial charge in [0.05, 0.1) is 6.54 Å². The molecule has 0 radical (unpaired) electrons. The Morgan fingerprint density at radius 2 is 1.36 bits per heavy atom. The van der Waals surface area contributed by atoms with Gasteiger partial charge in [-0.05, 0) is 17.7 Å². The molecule has 1 aliphatic heterocycles. The number of rotatable bonds is 5. The molecular weight excluding hydrogens is 364 g/mol. The molecule has 0 spiro atoms. The van der Waals surface area contributed by atoms with E-state index in [0.717, 1.165) is 4.90 Å². The minimum atomic E-state index is -1.11. The van der Waals surface area contributed by atoms with E-state index in [1.165, 1.54) is 0 Å². The first kappa shape index (κ1) is 18.8. The molecule has 3 rings (SSSR count). The second-order valence-electron chi connectivity index (χ2n) is 5.92. The van der Waals surface area contributed by atoms with E-state index < -0.39 is 36.3 Å². The molecule has 28 heavy (non-hydrogen) atoms. The van der Waals surface area contributed by atoms with Crippen molar-refractivity contribution in [3.8, 4) is 0 Å². The van der Waals surface area contributed by atoms with Crippen LogP contribution >= 0.6 is 0 Å². The zero-order chi connectivity index (χ0) is 20.1. The number of nitrogens with one attached hydrogen (secondary N) is 2. The minimum absolute atomic E-state index is 0.0864. The zero-order valence-electron chi connectivity index (χ0n) is 14.6. The number of hydrogen-bond donors (Lipinski definition) is 2. The van der Waals surface area contributed by atoms with Gasteiger partial charge in [0.15, 0.2) is 0 Å². The third-order valence-electron chi connectivity index (χ3n) is 3.90. The maximum Gasteiger partial charge on any atom is 0.335 e. The summed E-state index contributed by atoms with van der Waals surface area (Å²) >= 11 is 0. The van der Waals surface area contributed by atoms with Crippen molar-refractivity contribution in [2.45, 2.75) is 6.54 Å². The highest BCUT2D eigenvalue weighted by Crippen LogP contribution is 2.15. The van der Waals surface area contributed by atoms with Crippen LogP contribution in [0.5, 0.6) is 0 Å². The number of hydrogen-bond acceptors (Lipinski definition) is 5. The first-order valence-electron chi connectivity index (χ1n) is 8.33. The summed E-state index contributed by atoms with van der Waals surface area (Å²) in [5, 5.41) is 4.44. The lowest BCUT2D eigenvalue weighted by molar-refractivity contribution is -0.144. The molecule has 9 nitrogen and oxygen atoms in total. The van der Waals surface area contributed by atoms with Gasteiger partial charge in [0.2, 0.25) is 5.91 Å². The van der Waals surface area contributed by atoms with Gasteiger partial charge in [-0.15, -0.1) is 0 Å². The van der Waals surface area contributed by atoms with E-state index in [1.54, 1.807) is 60.7 Å². The molecule has 9 heteroatoms. The van der Waals surface area contributed by atoms with Gasteiger partial charge in [-0.3, -0.25) is 24.6 Å². The fourth-order valence-electron chi connectivity index (χ4n) is 2.59. The maximum absolute atomic E-state index is 12.4. The normalized spacial score (nSPS) is 13.6. The number of carbonyl (C=O) groups is 5. The Morgan fingerprint density at radius 3 is 2.00 bits per heavy atom. The Bertz CT molecular complexity index is 930. The maximum atomic E-state index is 12.4. The van der Waals surface area contributed by atoms with Gasteiger partial charge >= 0.3 is 23.9 Å². The molecule has 1 aliphatic rings. The van der Waals surface area contributed by atoms with Gasteiger partial charge in [-0.2, -0.15) is 0 Å². The molecule has 0 aliphatic carbocycles. The van der Waals surface area contributed by atoms with Crippen LogP contribution in [0, 0.1) is 0 Å². The molecule has 0 bridgehead atoms. The molecule has 0 unspecified atom stereocenters. The van der Waals surface area contributed by atoms with Crippen LogP contribution < -0.4 is 10.6 Å². The smallest absolute Gasteiger partial charge is 0.308 e. The van der Waals surface area contributed by atoms with E-state index in [4.69, 9.17) is 0 Å². The highest BCUT2D eigenvalue weighted by Gasteiger charge is 2.45. The van der Waals surface area contributed by atoms with Crippen molar-refractivity contribution < 1.29 is 24.0 Å². The lowest BCUT2D eigenvalue weighted by Gasteiger charge is -2.15. The van der Waals surface area contributed by atoms with E-state index in [0.29, 0.717) is 16.2 Å². The second-order valence-corrected chi connectivity index (χ2v) is 5.92. The molecule has 2 aromatic carbocycles. The second kappa shape index (κ2) is 8.12. The number of benzene rings is 2. The summed E-state index contributed by atoms with van der Waals surface area (Å²) in [5.74, 6) is -3.03. The van der Waals surface area contributed by atoms with E-state index in [1.807, 2.05) is 5.32 Å². The van der Waals surface area contributed by atoms with Crippen LogP contribution in [0.4, 0.5) is 15.3 Å². The van der Waals surface area contributed by atoms with Crippen molar-refractivity contribution in [2.24, 2.45) is 0 Å². The number of urea groups is 2. The summed E-state index contributed by atoms with van der Waals surface area (Å²) in [4.78, 5) is 61.6. The van der Waals surface area contributed by atoms with Crippen molar-refractivity contribution in [2.75, 3.05) is 11.9 Å². The average molecular weight is 380 g/mol. The summed E-state index contributed by atoms with van der Waals surface area (Å²) in [6, 6.07) is 15.3. The lowest BCUT2D eigenvalue weighted by Crippen LogP contribution is -2.44. The van der Waals surface area contributed by atoms with E-state index >= 15 is 0 Å². The molecule has 0 aromatic heterocycles. The predicted molar refractivity (Wildman–Crippen MR) is 97.7 cm³/mol. The van der Waals surface area contributed by atoms with Gasteiger partial charge in [-0.25, -0.2) is 14.5 Å². The number of nitrogens with zero attached hydrogens (tertiary/aromatic N) is 2. The standard InChI is InChI=1S/C19H16N4O5/c24-15(21-18(27)20-14-9-5-2-6-10-14)12-23-17(26)16(25)22(19(23)28)11-13-7-3-1-4-8-13/h1-10H,11-12H2,(H2,20,21,24,27). The molecule has 2 aromatic rings. The van der Waals surface area contributed by atoms with E-state index in [9.17, 15) is 24.0 Å². The van der Waals surface area contributed by atoms with Crippen LogP contribution in [-0.2, 0) is 20.9 Å². The number of anilines is 1. The van der Waals surface area contributed by atoms with Crippen molar-refractivity contribution in [3.63, 3.8) is 0 Å². The van der Waals surface area contributed by atoms with Crippen molar-refractivity contribution in [3.05, 3.63) is 66.2 Å².